The van der Waals surface area contributed by atoms with E-state index < -0.39 is 29.1 Å². The molecule has 1 unspecified atom stereocenters. The molecule has 1 aliphatic rings. The van der Waals surface area contributed by atoms with Crippen LogP contribution in [0.5, 0.6) is 0 Å². The van der Waals surface area contributed by atoms with E-state index in [1.54, 1.807) is 6.07 Å². The molecule has 24 heavy (non-hydrogen) atoms. The van der Waals surface area contributed by atoms with Crippen LogP contribution in [0.2, 0.25) is 0 Å². The molecule has 0 aliphatic carbocycles. The highest BCUT2D eigenvalue weighted by molar-refractivity contribution is 5.79. The zero-order chi connectivity index (χ0) is 17.8. The van der Waals surface area contributed by atoms with Crippen molar-refractivity contribution in [2.75, 3.05) is 19.8 Å². The second-order valence-corrected chi connectivity index (χ2v) is 6.22. The summed E-state index contributed by atoms with van der Waals surface area (Å²) in [6.07, 6.45) is -2.66. The summed E-state index contributed by atoms with van der Waals surface area (Å²) in [5, 5.41) is 3.12. The Labute approximate surface area is 139 Å². The van der Waals surface area contributed by atoms with E-state index in [-0.39, 0.29) is 0 Å². The van der Waals surface area contributed by atoms with Gasteiger partial charge in [0.25, 0.3) is 0 Å². The molecule has 4 nitrogen and oxygen atoms in total. The van der Waals surface area contributed by atoms with Crippen LogP contribution >= 0.6 is 0 Å². The largest absolute Gasteiger partial charge is 0.416 e. The third-order valence-corrected chi connectivity index (χ3v) is 4.69. The Morgan fingerprint density at radius 2 is 2.04 bits per heavy atom. The van der Waals surface area contributed by atoms with Crippen LogP contribution in [0.3, 0.4) is 0 Å². The van der Waals surface area contributed by atoms with Crippen molar-refractivity contribution in [1.82, 2.24) is 5.32 Å². The van der Waals surface area contributed by atoms with E-state index in [1.165, 1.54) is 12.1 Å². The highest BCUT2D eigenvalue weighted by atomic mass is 19.4. The zero-order valence-corrected chi connectivity index (χ0v) is 13.7. The van der Waals surface area contributed by atoms with Gasteiger partial charge in [-0.05, 0) is 30.9 Å². The molecule has 1 fully saturated rings. The van der Waals surface area contributed by atoms with Crippen molar-refractivity contribution < 1.29 is 22.7 Å². The summed E-state index contributed by atoms with van der Waals surface area (Å²) in [7, 11) is 0. The molecule has 1 atom stereocenters. The van der Waals surface area contributed by atoms with Crippen LogP contribution in [0.25, 0.3) is 0 Å². The monoisotopic (exact) mass is 344 g/mol. The molecule has 1 heterocycles. The first kappa shape index (κ1) is 18.7. The number of rotatable bonds is 6. The highest BCUT2D eigenvalue weighted by Gasteiger charge is 2.37. The lowest BCUT2D eigenvalue weighted by molar-refractivity contribution is -0.137. The van der Waals surface area contributed by atoms with Gasteiger partial charge in [0, 0.05) is 25.2 Å². The summed E-state index contributed by atoms with van der Waals surface area (Å²) in [6.45, 7) is 3.18. The van der Waals surface area contributed by atoms with Crippen molar-refractivity contribution in [2.45, 2.75) is 43.8 Å². The Bertz CT molecular complexity index is 569. The van der Waals surface area contributed by atoms with Crippen LogP contribution in [-0.2, 0) is 21.1 Å². The van der Waals surface area contributed by atoms with Crippen LogP contribution in [0.15, 0.2) is 24.3 Å². The number of nitrogens with one attached hydrogen (secondary N) is 1. The van der Waals surface area contributed by atoms with E-state index in [9.17, 15) is 18.0 Å². The molecule has 0 aromatic heterocycles. The smallest absolute Gasteiger partial charge is 0.381 e. The molecule has 0 saturated carbocycles. The molecule has 0 spiro atoms. The first-order valence-corrected chi connectivity index (χ1v) is 8.07. The summed E-state index contributed by atoms with van der Waals surface area (Å²) >= 11 is 0. The predicted molar refractivity (Wildman–Crippen MR) is 84.5 cm³/mol. The number of hydrogen-bond donors (Lipinski definition) is 2. The average Bonchev–Trinajstić information content (AvgIpc) is 2.55. The number of ether oxygens (including phenoxy) is 1. The fraction of sp³-hybridized carbons (Fsp3) is 0.588. The van der Waals surface area contributed by atoms with Gasteiger partial charge in [-0.3, -0.25) is 4.79 Å². The number of primary amides is 1. The summed E-state index contributed by atoms with van der Waals surface area (Å²) in [6, 6.07) is 4.93. The third kappa shape index (κ3) is 4.27. The van der Waals surface area contributed by atoms with Gasteiger partial charge >= 0.3 is 6.18 Å². The number of benzene rings is 1. The Balaban J connectivity index is 2.29. The van der Waals surface area contributed by atoms with E-state index in [0.717, 1.165) is 6.07 Å². The number of hydrogen-bond acceptors (Lipinski definition) is 3. The topological polar surface area (TPSA) is 64.3 Å². The second kappa shape index (κ2) is 7.53. The maximum Gasteiger partial charge on any atom is 0.416 e. The van der Waals surface area contributed by atoms with Gasteiger partial charge in [-0.1, -0.05) is 25.1 Å². The Morgan fingerprint density at radius 3 is 2.58 bits per heavy atom. The van der Waals surface area contributed by atoms with Crippen molar-refractivity contribution in [1.29, 1.82) is 0 Å². The molecule has 134 valence electrons. The standard InChI is InChI=1S/C17H23F3N2O2/c1-2-14(15(21)23)22-11-16(6-8-24-9-7-16)12-4-3-5-13(10-12)17(18,19)20/h3-5,10,14,22H,2,6-9,11H2,1H3,(H2,21,23). The Morgan fingerprint density at radius 1 is 1.38 bits per heavy atom. The summed E-state index contributed by atoms with van der Waals surface area (Å²) in [5.74, 6) is -0.455. The van der Waals surface area contributed by atoms with E-state index in [2.05, 4.69) is 5.32 Å². The molecule has 1 aromatic carbocycles. The van der Waals surface area contributed by atoms with Gasteiger partial charge in [-0.25, -0.2) is 0 Å². The minimum absolute atomic E-state index is 0.388. The number of alkyl halides is 3. The molecular formula is C17H23F3N2O2. The van der Waals surface area contributed by atoms with Crippen LogP contribution in [-0.4, -0.2) is 31.7 Å². The van der Waals surface area contributed by atoms with Gasteiger partial charge in [0.1, 0.15) is 0 Å². The lowest BCUT2D eigenvalue weighted by atomic mass is 9.73. The average molecular weight is 344 g/mol. The van der Waals surface area contributed by atoms with Crippen LogP contribution < -0.4 is 11.1 Å². The van der Waals surface area contributed by atoms with E-state index in [4.69, 9.17) is 10.5 Å². The predicted octanol–water partition coefficient (Wildman–Crippen LogP) is 2.61. The minimum atomic E-state index is -4.38. The normalized spacial score (nSPS) is 19.0. The van der Waals surface area contributed by atoms with Crippen molar-refractivity contribution in [3.05, 3.63) is 35.4 Å². The molecule has 1 aliphatic heterocycles. The van der Waals surface area contributed by atoms with Gasteiger partial charge in [0.05, 0.1) is 11.6 Å². The quantitative estimate of drug-likeness (QED) is 0.834. The summed E-state index contributed by atoms with van der Waals surface area (Å²) < 4.78 is 44.5. The van der Waals surface area contributed by atoms with Crippen molar-refractivity contribution in [3.63, 3.8) is 0 Å². The number of carbonyl (C=O) groups excluding carboxylic acids is 1. The van der Waals surface area contributed by atoms with Gasteiger partial charge in [0.15, 0.2) is 0 Å². The van der Waals surface area contributed by atoms with E-state index >= 15 is 0 Å². The fourth-order valence-corrected chi connectivity index (χ4v) is 3.12. The lowest BCUT2D eigenvalue weighted by Crippen LogP contribution is -2.49. The highest BCUT2D eigenvalue weighted by Crippen LogP contribution is 2.37. The van der Waals surface area contributed by atoms with Crippen molar-refractivity contribution in [3.8, 4) is 0 Å². The first-order chi connectivity index (χ1) is 11.3. The van der Waals surface area contributed by atoms with Gasteiger partial charge in [-0.2, -0.15) is 13.2 Å². The number of amides is 1. The van der Waals surface area contributed by atoms with E-state index in [1.807, 2.05) is 6.92 Å². The maximum absolute atomic E-state index is 13.0. The number of halogens is 3. The second-order valence-electron chi connectivity index (χ2n) is 6.22. The maximum atomic E-state index is 13.0. The number of carbonyl (C=O) groups is 1. The van der Waals surface area contributed by atoms with Crippen molar-refractivity contribution >= 4 is 5.91 Å². The third-order valence-electron chi connectivity index (χ3n) is 4.69. The molecular weight excluding hydrogens is 321 g/mol. The molecule has 7 heteroatoms. The minimum Gasteiger partial charge on any atom is -0.381 e. The molecule has 0 radical (unpaired) electrons. The summed E-state index contributed by atoms with van der Waals surface area (Å²) in [5.41, 5.74) is 4.81. The van der Waals surface area contributed by atoms with Crippen LogP contribution in [0, 0.1) is 0 Å². The SMILES string of the molecule is CCC(NCC1(c2cccc(C(F)(F)F)c2)CCOCC1)C(N)=O. The molecule has 3 N–H and O–H groups in total. The fourth-order valence-electron chi connectivity index (χ4n) is 3.12. The van der Waals surface area contributed by atoms with Crippen LogP contribution in [0.1, 0.15) is 37.3 Å². The molecule has 1 aromatic rings. The Kier molecular flexibility index (Phi) is 5.87. The lowest BCUT2D eigenvalue weighted by Gasteiger charge is -2.39. The van der Waals surface area contributed by atoms with E-state index in [0.29, 0.717) is 44.6 Å². The van der Waals surface area contributed by atoms with Crippen molar-refractivity contribution in [2.24, 2.45) is 5.73 Å². The van der Waals surface area contributed by atoms with Crippen LogP contribution in [0.4, 0.5) is 13.2 Å². The molecule has 1 amide bonds. The first-order valence-electron chi connectivity index (χ1n) is 8.07. The number of nitrogens with two attached hydrogens (primary N) is 1. The zero-order valence-electron chi connectivity index (χ0n) is 13.7. The molecule has 1 saturated heterocycles. The van der Waals surface area contributed by atoms with Gasteiger partial charge < -0.3 is 15.8 Å². The van der Waals surface area contributed by atoms with Gasteiger partial charge in [-0.15, -0.1) is 0 Å². The molecule has 2 rings (SSSR count). The molecule has 0 bridgehead atoms. The summed E-state index contributed by atoms with van der Waals surface area (Å²) in [4.78, 5) is 11.4. The van der Waals surface area contributed by atoms with Gasteiger partial charge in [0.2, 0.25) is 5.91 Å². The Hall–Kier alpha value is -1.60.